The van der Waals surface area contributed by atoms with Crippen LogP contribution in [-0.4, -0.2) is 37.8 Å². The Morgan fingerprint density at radius 3 is 2.27 bits per heavy atom. The van der Waals surface area contributed by atoms with Gasteiger partial charge in [-0.2, -0.15) is 0 Å². The van der Waals surface area contributed by atoms with Crippen LogP contribution in [0.5, 0.6) is 11.5 Å². The van der Waals surface area contributed by atoms with Crippen molar-refractivity contribution in [3.8, 4) is 11.5 Å². The maximum absolute atomic E-state index is 12.6. The first kappa shape index (κ1) is 26.4. The highest BCUT2D eigenvalue weighted by atomic mass is 32.1. The van der Waals surface area contributed by atoms with E-state index >= 15 is 0 Å². The van der Waals surface area contributed by atoms with Gasteiger partial charge in [0, 0.05) is 20.1 Å². The van der Waals surface area contributed by atoms with Crippen LogP contribution in [0, 0.1) is 5.41 Å². The van der Waals surface area contributed by atoms with Crippen LogP contribution in [0.15, 0.2) is 48.5 Å². The van der Waals surface area contributed by atoms with Gasteiger partial charge in [0.15, 0.2) is 29.1 Å². The molecule has 0 heterocycles. The number of nitrogens with one attached hydrogen (secondary N) is 2. The summed E-state index contributed by atoms with van der Waals surface area (Å²) < 4.78 is 21.7. The van der Waals surface area contributed by atoms with E-state index in [1.165, 1.54) is 0 Å². The van der Waals surface area contributed by atoms with Crippen molar-refractivity contribution in [2.75, 3.05) is 21.0 Å². The first-order chi connectivity index (χ1) is 15.6. The van der Waals surface area contributed by atoms with Crippen LogP contribution in [0.3, 0.4) is 0 Å². The normalized spacial score (nSPS) is 12.9. The van der Waals surface area contributed by atoms with Gasteiger partial charge in [0.1, 0.15) is 0 Å². The van der Waals surface area contributed by atoms with E-state index in [1.807, 2.05) is 76.2 Å². The summed E-state index contributed by atoms with van der Waals surface area (Å²) >= 11 is 5.52. The third kappa shape index (κ3) is 8.55. The molecule has 2 N–H and O–H groups in total. The quantitative estimate of drug-likeness (QED) is 0.302. The second-order valence-corrected chi connectivity index (χ2v) is 9.28. The number of hydrogen-bond acceptors (Lipinski definition) is 6. The zero-order valence-electron chi connectivity index (χ0n) is 20.2. The predicted molar refractivity (Wildman–Crippen MR) is 132 cm³/mol. The Labute approximate surface area is 201 Å². The van der Waals surface area contributed by atoms with Gasteiger partial charge in [-0.05, 0) is 63.2 Å². The number of ether oxygens (including phenoxy) is 4. The van der Waals surface area contributed by atoms with Crippen molar-refractivity contribution in [3.63, 3.8) is 0 Å². The Kier molecular flexibility index (Phi) is 9.49. The van der Waals surface area contributed by atoms with Gasteiger partial charge in [-0.25, -0.2) is 0 Å². The molecule has 33 heavy (non-hydrogen) atoms. The maximum atomic E-state index is 12.6. The summed E-state index contributed by atoms with van der Waals surface area (Å²) in [5, 5.41) is 6.73. The Bertz CT molecular complexity index is 930. The Morgan fingerprint density at radius 1 is 0.970 bits per heavy atom. The molecule has 0 bridgehead atoms. The van der Waals surface area contributed by atoms with E-state index in [0.29, 0.717) is 29.6 Å². The van der Waals surface area contributed by atoms with Crippen molar-refractivity contribution in [2.45, 2.75) is 46.4 Å². The molecular weight excluding hydrogens is 440 g/mol. The minimum absolute atomic E-state index is 0.134. The number of carbonyl (C=O) groups is 1. The molecule has 2 aromatic carbocycles. The molecule has 2 rings (SSSR count). The van der Waals surface area contributed by atoms with Gasteiger partial charge >= 0.3 is 5.97 Å². The molecule has 0 aliphatic rings. The lowest BCUT2D eigenvalue weighted by atomic mass is 9.96. The number of hydrogen-bond donors (Lipinski definition) is 2. The lowest BCUT2D eigenvalue weighted by Gasteiger charge is -2.34. The molecule has 2 aromatic rings. The molecule has 0 aliphatic carbocycles. The minimum atomic E-state index is -1.02. The molecule has 0 fully saturated rings. The lowest BCUT2D eigenvalue weighted by Crippen LogP contribution is -2.55. The molecule has 0 saturated heterocycles. The van der Waals surface area contributed by atoms with E-state index in [2.05, 4.69) is 10.6 Å². The van der Waals surface area contributed by atoms with E-state index in [1.54, 1.807) is 14.2 Å². The molecular formula is C25H34N2O5S. The summed E-state index contributed by atoms with van der Waals surface area (Å²) in [6, 6.07) is 15.4. The molecule has 0 aromatic heterocycles. The molecule has 8 heteroatoms. The molecule has 0 amide bonds. The molecule has 180 valence electrons. The van der Waals surface area contributed by atoms with Crippen molar-refractivity contribution in [3.05, 3.63) is 59.7 Å². The standard InChI is InChI=1S/C25H34N2O5S/c1-24(2,3)22(28)32-25(4,15-18-10-8-7-9-11-18)27-23(33)26-16-19-12-13-20(31-17-29-5)21(14-19)30-6/h7-14H,15-17H2,1-6H3,(H2,26,27,33)/t25-/m0/s1. The summed E-state index contributed by atoms with van der Waals surface area (Å²) in [5.74, 6) is 0.874. The maximum Gasteiger partial charge on any atom is 0.313 e. The third-order valence-electron chi connectivity index (χ3n) is 4.71. The van der Waals surface area contributed by atoms with Gasteiger partial charge in [-0.1, -0.05) is 36.4 Å². The van der Waals surface area contributed by atoms with E-state index < -0.39 is 11.1 Å². The number of thiocarbonyl (C=S) groups is 1. The van der Waals surface area contributed by atoms with Crippen LogP contribution >= 0.6 is 12.2 Å². The second-order valence-electron chi connectivity index (χ2n) is 8.88. The van der Waals surface area contributed by atoms with Crippen LogP contribution in [0.4, 0.5) is 0 Å². The Balaban J connectivity index is 2.08. The average Bonchev–Trinajstić information content (AvgIpc) is 2.76. The highest BCUT2D eigenvalue weighted by molar-refractivity contribution is 7.80. The number of rotatable bonds is 10. The van der Waals surface area contributed by atoms with Crippen LogP contribution in [0.25, 0.3) is 0 Å². The number of esters is 1. The van der Waals surface area contributed by atoms with Crippen molar-refractivity contribution >= 4 is 23.3 Å². The lowest BCUT2D eigenvalue weighted by molar-refractivity contribution is -0.169. The smallest absolute Gasteiger partial charge is 0.313 e. The summed E-state index contributed by atoms with van der Waals surface area (Å²) in [6.45, 7) is 7.87. The Morgan fingerprint density at radius 2 is 1.67 bits per heavy atom. The van der Waals surface area contributed by atoms with Crippen LogP contribution in [-0.2, 0) is 27.2 Å². The summed E-state index contributed by atoms with van der Waals surface area (Å²) in [4.78, 5) is 12.6. The van der Waals surface area contributed by atoms with Gasteiger partial charge in [-0.15, -0.1) is 0 Å². The SMILES string of the molecule is COCOc1ccc(CNC(=S)N[C@](C)(Cc2ccccc2)OC(=O)C(C)(C)C)cc1OC. The monoisotopic (exact) mass is 474 g/mol. The molecule has 0 spiro atoms. The third-order valence-corrected chi connectivity index (χ3v) is 4.95. The topological polar surface area (TPSA) is 78.0 Å². The van der Waals surface area contributed by atoms with Crippen LogP contribution in [0.1, 0.15) is 38.8 Å². The zero-order valence-corrected chi connectivity index (χ0v) is 21.0. The van der Waals surface area contributed by atoms with Gasteiger partial charge in [0.05, 0.1) is 12.5 Å². The molecule has 1 atom stereocenters. The highest BCUT2D eigenvalue weighted by Crippen LogP contribution is 2.28. The minimum Gasteiger partial charge on any atom is -0.493 e. The zero-order chi connectivity index (χ0) is 24.5. The molecule has 0 radical (unpaired) electrons. The fourth-order valence-electron chi connectivity index (χ4n) is 2.98. The van der Waals surface area contributed by atoms with Crippen LogP contribution < -0.4 is 20.1 Å². The van der Waals surface area contributed by atoms with E-state index in [0.717, 1.165) is 11.1 Å². The number of benzene rings is 2. The fraction of sp³-hybridized carbons (Fsp3) is 0.440. The molecule has 7 nitrogen and oxygen atoms in total. The van der Waals surface area contributed by atoms with Gasteiger partial charge in [0.2, 0.25) is 0 Å². The first-order valence-electron chi connectivity index (χ1n) is 10.7. The van der Waals surface area contributed by atoms with E-state index in [9.17, 15) is 4.79 Å². The van der Waals surface area contributed by atoms with Crippen LogP contribution in [0.2, 0.25) is 0 Å². The molecule has 0 aliphatic heterocycles. The van der Waals surface area contributed by atoms with Crippen molar-refractivity contribution in [2.24, 2.45) is 5.41 Å². The predicted octanol–water partition coefficient (Wildman–Crippen LogP) is 4.19. The average molecular weight is 475 g/mol. The van der Waals surface area contributed by atoms with Crippen molar-refractivity contribution < 1.29 is 23.7 Å². The van der Waals surface area contributed by atoms with Crippen molar-refractivity contribution in [1.29, 1.82) is 0 Å². The van der Waals surface area contributed by atoms with Gasteiger partial charge in [-0.3, -0.25) is 4.79 Å². The Hall–Kier alpha value is -2.84. The summed E-state index contributed by atoms with van der Waals surface area (Å²) in [7, 11) is 3.14. The number of carbonyl (C=O) groups excluding carboxylic acids is 1. The first-order valence-corrected chi connectivity index (χ1v) is 11.1. The van der Waals surface area contributed by atoms with Gasteiger partial charge in [0.25, 0.3) is 0 Å². The van der Waals surface area contributed by atoms with E-state index in [4.69, 9.17) is 31.2 Å². The molecule has 0 unspecified atom stereocenters. The van der Waals surface area contributed by atoms with Gasteiger partial charge < -0.3 is 29.6 Å². The highest BCUT2D eigenvalue weighted by Gasteiger charge is 2.34. The molecule has 0 saturated carbocycles. The van der Waals surface area contributed by atoms with Crippen molar-refractivity contribution in [1.82, 2.24) is 10.6 Å². The number of methoxy groups -OCH3 is 2. The fourth-order valence-corrected chi connectivity index (χ4v) is 3.27. The largest absolute Gasteiger partial charge is 0.493 e. The second kappa shape index (κ2) is 11.9. The summed E-state index contributed by atoms with van der Waals surface area (Å²) in [6.07, 6.45) is 0.455. The van der Waals surface area contributed by atoms with E-state index in [-0.39, 0.29) is 12.8 Å². The summed E-state index contributed by atoms with van der Waals surface area (Å²) in [5.41, 5.74) is 0.300.